The van der Waals surface area contributed by atoms with E-state index in [1.165, 1.54) is 12.1 Å². The van der Waals surface area contributed by atoms with Gasteiger partial charge < -0.3 is 20.5 Å². The highest BCUT2D eigenvalue weighted by Crippen LogP contribution is 2.28. The Hall–Kier alpha value is -2.86. The van der Waals surface area contributed by atoms with Gasteiger partial charge in [0.2, 0.25) is 0 Å². The molecule has 6 heteroatoms. The second-order valence-electron chi connectivity index (χ2n) is 5.93. The van der Waals surface area contributed by atoms with Gasteiger partial charge in [-0.3, -0.25) is 0 Å². The predicted octanol–water partition coefficient (Wildman–Crippen LogP) is 2.71. The fourth-order valence-corrected chi connectivity index (χ4v) is 2.88. The molecule has 1 heterocycles. The first-order chi connectivity index (χ1) is 12.1. The Morgan fingerprint density at radius 2 is 1.80 bits per heavy atom. The number of hydrogen-bond acceptors (Lipinski definition) is 3. The topological polar surface area (TPSA) is 87.7 Å². The van der Waals surface area contributed by atoms with Gasteiger partial charge in [0, 0.05) is 13.2 Å². The van der Waals surface area contributed by atoms with Gasteiger partial charge in [-0.15, -0.1) is 0 Å². The molecule has 2 aromatic rings. The van der Waals surface area contributed by atoms with E-state index in [-0.39, 0.29) is 23.7 Å². The monoisotopic (exact) mass is 340 g/mol. The van der Waals surface area contributed by atoms with Crippen molar-refractivity contribution in [2.45, 2.75) is 25.1 Å². The molecular weight excluding hydrogens is 320 g/mol. The minimum Gasteiger partial charge on any atom is -0.478 e. The highest BCUT2D eigenvalue weighted by Gasteiger charge is 2.30. The number of ether oxygens (including phenoxy) is 1. The zero-order valence-corrected chi connectivity index (χ0v) is 13.6. The van der Waals surface area contributed by atoms with Gasteiger partial charge in [0.15, 0.2) is 0 Å². The first-order valence-corrected chi connectivity index (χ1v) is 8.16. The molecule has 6 nitrogen and oxygen atoms in total. The molecule has 1 aliphatic rings. The Kier molecular flexibility index (Phi) is 5.30. The molecule has 2 aromatic carbocycles. The van der Waals surface area contributed by atoms with E-state index in [0.29, 0.717) is 13.2 Å². The Bertz CT molecular complexity index is 731. The number of carboxylic acid groups (broad SMARTS) is 1. The molecule has 3 N–H and O–H groups in total. The zero-order valence-electron chi connectivity index (χ0n) is 13.6. The molecule has 2 atom stereocenters. The van der Waals surface area contributed by atoms with Crippen LogP contribution in [0.2, 0.25) is 0 Å². The molecule has 1 saturated heterocycles. The van der Waals surface area contributed by atoms with E-state index in [2.05, 4.69) is 10.6 Å². The highest BCUT2D eigenvalue weighted by atomic mass is 16.5. The number of carboxylic acids is 1. The fraction of sp³-hybridized carbons (Fsp3) is 0.263. The van der Waals surface area contributed by atoms with E-state index < -0.39 is 5.97 Å². The number of carbonyl (C=O) groups is 2. The van der Waals surface area contributed by atoms with Crippen molar-refractivity contribution in [1.82, 2.24) is 10.6 Å². The fourth-order valence-electron chi connectivity index (χ4n) is 2.88. The quantitative estimate of drug-likeness (QED) is 0.781. The summed E-state index contributed by atoms with van der Waals surface area (Å²) in [4.78, 5) is 23.0. The maximum Gasteiger partial charge on any atom is 0.335 e. The largest absolute Gasteiger partial charge is 0.478 e. The van der Waals surface area contributed by atoms with Gasteiger partial charge in [-0.05, 0) is 29.7 Å². The van der Waals surface area contributed by atoms with E-state index in [0.717, 1.165) is 17.5 Å². The molecule has 2 amide bonds. The van der Waals surface area contributed by atoms with Gasteiger partial charge in [0.25, 0.3) is 0 Å². The van der Waals surface area contributed by atoms with Crippen LogP contribution in [0.25, 0.3) is 0 Å². The van der Waals surface area contributed by atoms with Gasteiger partial charge in [-0.1, -0.05) is 42.5 Å². The normalized spacial score (nSPS) is 19.4. The third kappa shape index (κ3) is 4.36. The third-order valence-electron chi connectivity index (χ3n) is 4.19. The van der Waals surface area contributed by atoms with E-state index in [1.807, 2.05) is 30.3 Å². The van der Waals surface area contributed by atoms with Gasteiger partial charge in [-0.2, -0.15) is 0 Å². The van der Waals surface area contributed by atoms with E-state index >= 15 is 0 Å². The Labute approximate surface area is 145 Å². The summed E-state index contributed by atoms with van der Waals surface area (Å²) in [5.74, 6) is -0.967. The van der Waals surface area contributed by atoms with E-state index in [1.54, 1.807) is 12.1 Å². The molecule has 25 heavy (non-hydrogen) atoms. The summed E-state index contributed by atoms with van der Waals surface area (Å²) in [5.41, 5.74) is 2.11. The van der Waals surface area contributed by atoms with Crippen LogP contribution in [-0.2, 0) is 11.3 Å². The smallest absolute Gasteiger partial charge is 0.335 e. The maximum absolute atomic E-state index is 12.2. The summed E-state index contributed by atoms with van der Waals surface area (Å²) >= 11 is 0. The standard InChI is InChI=1S/C19H20N2O4/c22-18(23)15-8-6-13(7-9-15)12-20-19(24)21-16-10-11-25-17(16)14-4-2-1-3-5-14/h1-9,16-17H,10-12H2,(H,22,23)(H2,20,21,24). The van der Waals surface area contributed by atoms with Crippen LogP contribution in [0.4, 0.5) is 4.79 Å². The van der Waals surface area contributed by atoms with Crippen LogP contribution in [0.15, 0.2) is 54.6 Å². The van der Waals surface area contributed by atoms with Crippen molar-refractivity contribution in [1.29, 1.82) is 0 Å². The molecule has 3 rings (SSSR count). The van der Waals surface area contributed by atoms with Crippen molar-refractivity contribution in [2.75, 3.05) is 6.61 Å². The second kappa shape index (κ2) is 7.81. The lowest BCUT2D eigenvalue weighted by molar-refractivity contribution is 0.0697. The zero-order chi connectivity index (χ0) is 17.6. The van der Waals surface area contributed by atoms with Gasteiger partial charge in [-0.25, -0.2) is 9.59 Å². The average molecular weight is 340 g/mol. The molecule has 0 bridgehead atoms. The van der Waals surface area contributed by atoms with Crippen molar-refractivity contribution in [3.8, 4) is 0 Å². The summed E-state index contributed by atoms with van der Waals surface area (Å²) in [6, 6.07) is 15.9. The van der Waals surface area contributed by atoms with Gasteiger partial charge in [0.1, 0.15) is 6.10 Å². The number of amides is 2. The maximum atomic E-state index is 12.2. The number of benzene rings is 2. The minimum absolute atomic E-state index is 0.0724. The summed E-state index contributed by atoms with van der Waals surface area (Å²) in [6.45, 7) is 0.941. The molecule has 1 fully saturated rings. The molecule has 0 spiro atoms. The summed E-state index contributed by atoms with van der Waals surface area (Å²) in [6.07, 6.45) is 0.627. The number of rotatable bonds is 5. The van der Waals surface area contributed by atoms with Crippen LogP contribution in [-0.4, -0.2) is 29.8 Å². The first kappa shape index (κ1) is 17.0. The highest BCUT2D eigenvalue weighted by molar-refractivity contribution is 5.87. The van der Waals surface area contributed by atoms with Crippen LogP contribution in [0.3, 0.4) is 0 Å². The molecule has 130 valence electrons. The van der Waals surface area contributed by atoms with Crippen LogP contribution >= 0.6 is 0 Å². The van der Waals surface area contributed by atoms with Crippen molar-refractivity contribution in [2.24, 2.45) is 0 Å². The minimum atomic E-state index is -0.967. The van der Waals surface area contributed by atoms with E-state index in [4.69, 9.17) is 9.84 Å². The molecule has 0 saturated carbocycles. The number of hydrogen-bond donors (Lipinski definition) is 3. The van der Waals surface area contributed by atoms with Crippen LogP contribution in [0.1, 0.15) is 34.0 Å². The van der Waals surface area contributed by atoms with Crippen molar-refractivity contribution in [3.63, 3.8) is 0 Å². The first-order valence-electron chi connectivity index (χ1n) is 8.16. The lowest BCUT2D eigenvalue weighted by Crippen LogP contribution is -2.43. The summed E-state index contributed by atoms with van der Waals surface area (Å²) in [7, 11) is 0. The molecule has 1 aliphatic heterocycles. The average Bonchev–Trinajstić information content (AvgIpc) is 3.09. The number of urea groups is 1. The Morgan fingerprint density at radius 1 is 1.08 bits per heavy atom. The predicted molar refractivity (Wildman–Crippen MR) is 92.3 cm³/mol. The van der Waals surface area contributed by atoms with Crippen molar-refractivity contribution >= 4 is 12.0 Å². The van der Waals surface area contributed by atoms with Crippen LogP contribution < -0.4 is 10.6 Å². The number of nitrogens with one attached hydrogen (secondary N) is 2. The summed E-state index contributed by atoms with van der Waals surface area (Å²) < 4.78 is 5.75. The molecule has 0 aromatic heterocycles. The van der Waals surface area contributed by atoms with Gasteiger partial charge >= 0.3 is 12.0 Å². The number of carbonyl (C=O) groups excluding carboxylic acids is 1. The van der Waals surface area contributed by atoms with E-state index in [9.17, 15) is 9.59 Å². The lowest BCUT2D eigenvalue weighted by Gasteiger charge is -2.20. The van der Waals surface area contributed by atoms with Crippen LogP contribution in [0.5, 0.6) is 0 Å². The van der Waals surface area contributed by atoms with Crippen LogP contribution in [0, 0.1) is 0 Å². The molecule has 0 aliphatic carbocycles. The van der Waals surface area contributed by atoms with Crippen molar-refractivity contribution < 1.29 is 19.4 Å². The number of aromatic carboxylic acids is 1. The SMILES string of the molecule is O=C(NCc1ccc(C(=O)O)cc1)NC1CCOC1c1ccccc1. The molecular formula is C19H20N2O4. The molecule has 0 radical (unpaired) electrons. The van der Waals surface area contributed by atoms with Crippen molar-refractivity contribution in [3.05, 3.63) is 71.3 Å². The third-order valence-corrected chi connectivity index (χ3v) is 4.19. The van der Waals surface area contributed by atoms with Gasteiger partial charge in [0.05, 0.1) is 11.6 Å². The Morgan fingerprint density at radius 3 is 2.48 bits per heavy atom. The summed E-state index contributed by atoms with van der Waals surface area (Å²) in [5, 5.41) is 14.6. The Balaban J connectivity index is 1.52. The second-order valence-corrected chi connectivity index (χ2v) is 5.93. The lowest BCUT2D eigenvalue weighted by atomic mass is 10.0. The molecule has 2 unspecified atom stereocenters.